The van der Waals surface area contributed by atoms with Crippen LogP contribution in [0.2, 0.25) is 0 Å². The molecule has 1 atom stereocenters. The van der Waals surface area contributed by atoms with Crippen molar-refractivity contribution in [3.8, 4) is 0 Å². The molecule has 0 aliphatic heterocycles. The predicted octanol–water partition coefficient (Wildman–Crippen LogP) is 0.613. The number of nitrogens with one attached hydrogen (secondary N) is 3. The van der Waals surface area contributed by atoms with Crippen molar-refractivity contribution in [3.05, 3.63) is 5.01 Å². The standard InChI is InChI=1S/C11H19N5O2S/c1-6(7(17)14-11(2,3)4)13-8(18)9-15-16-10(12-5)19-9/h6H,1-5H3,(H,12,16)(H,13,18)(H,14,17). The zero-order valence-corrected chi connectivity index (χ0v) is 12.5. The number of hydrogen-bond donors (Lipinski definition) is 3. The summed E-state index contributed by atoms with van der Waals surface area (Å²) in [7, 11) is 1.70. The van der Waals surface area contributed by atoms with E-state index in [0.717, 1.165) is 11.3 Å². The van der Waals surface area contributed by atoms with E-state index in [4.69, 9.17) is 0 Å². The SMILES string of the molecule is CNc1nnc(C(=O)NC(C)C(=O)NC(C)(C)C)s1. The third-order valence-electron chi connectivity index (χ3n) is 2.07. The predicted molar refractivity (Wildman–Crippen MR) is 74.3 cm³/mol. The van der Waals surface area contributed by atoms with Crippen LogP contribution in [0.5, 0.6) is 0 Å². The van der Waals surface area contributed by atoms with Gasteiger partial charge >= 0.3 is 0 Å². The van der Waals surface area contributed by atoms with Gasteiger partial charge in [-0.2, -0.15) is 0 Å². The summed E-state index contributed by atoms with van der Waals surface area (Å²) in [6.07, 6.45) is 0. The van der Waals surface area contributed by atoms with Gasteiger partial charge < -0.3 is 16.0 Å². The Kier molecular flexibility index (Phi) is 4.82. The average Bonchev–Trinajstić information content (AvgIpc) is 2.75. The van der Waals surface area contributed by atoms with Gasteiger partial charge in [-0.25, -0.2) is 0 Å². The van der Waals surface area contributed by atoms with Crippen molar-refractivity contribution in [2.75, 3.05) is 12.4 Å². The van der Waals surface area contributed by atoms with E-state index in [2.05, 4.69) is 26.1 Å². The molecule has 0 fully saturated rings. The van der Waals surface area contributed by atoms with Gasteiger partial charge in [-0.3, -0.25) is 9.59 Å². The largest absolute Gasteiger partial charge is 0.363 e. The van der Waals surface area contributed by atoms with Gasteiger partial charge in [0.1, 0.15) is 6.04 Å². The van der Waals surface area contributed by atoms with Crippen LogP contribution >= 0.6 is 11.3 Å². The number of carbonyl (C=O) groups is 2. The zero-order valence-electron chi connectivity index (χ0n) is 11.7. The molecule has 0 bridgehead atoms. The molecule has 0 saturated heterocycles. The highest BCUT2D eigenvalue weighted by Crippen LogP contribution is 2.13. The van der Waals surface area contributed by atoms with Crippen molar-refractivity contribution in [2.24, 2.45) is 0 Å². The van der Waals surface area contributed by atoms with E-state index in [1.807, 2.05) is 20.8 Å². The minimum atomic E-state index is -0.631. The quantitative estimate of drug-likeness (QED) is 0.753. The first-order valence-corrected chi connectivity index (χ1v) is 6.68. The van der Waals surface area contributed by atoms with Gasteiger partial charge in [0.2, 0.25) is 16.0 Å². The lowest BCUT2D eigenvalue weighted by Crippen LogP contribution is -2.50. The van der Waals surface area contributed by atoms with Gasteiger partial charge in [-0.05, 0) is 27.7 Å². The van der Waals surface area contributed by atoms with E-state index in [0.29, 0.717) is 5.13 Å². The Morgan fingerprint density at radius 3 is 2.37 bits per heavy atom. The van der Waals surface area contributed by atoms with Crippen LogP contribution in [0, 0.1) is 0 Å². The van der Waals surface area contributed by atoms with E-state index < -0.39 is 11.9 Å². The van der Waals surface area contributed by atoms with Crippen LogP contribution in [0.3, 0.4) is 0 Å². The summed E-state index contributed by atoms with van der Waals surface area (Å²) in [6, 6.07) is -0.631. The molecule has 8 heteroatoms. The number of amides is 2. The topological polar surface area (TPSA) is 96.0 Å². The third-order valence-corrected chi connectivity index (χ3v) is 3.01. The second-order valence-corrected chi connectivity index (χ2v) is 6.07. The lowest BCUT2D eigenvalue weighted by atomic mass is 10.1. The number of nitrogens with zero attached hydrogens (tertiary/aromatic N) is 2. The van der Waals surface area contributed by atoms with Gasteiger partial charge in [0.15, 0.2) is 0 Å². The fourth-order valence-electron chi connectivity index (χ4n) is 1.22. The normalized spacial score (nSPS) is 12.7. The Morgan fingerprint density at radius 1 is 1.26 bits per heavy atom. The van der Waals surface area contributed by atoms with E-state index >= 15 is 0 Å². The highest BCUT2D eigenvalue weighted by atomic mass is 32.1. The highest BCUT2D eigenvalue weighted by molar-refractivity contribution is 7.17. The van der Waals surface area contributed by atoms with Crippen LogP contribution < -0.4 is 16.0 Å². The molecule has 7 nitrogen and oxygen atoms in total. The molecule has 0 aliphatic rings. The summed E-state index contributed by atoms with van der Waals surface area (Å²) < 4.78 is 0. The molecular weight excluding hydrogens is 266 g/mol. The molecule has 1 unspecified atom stereocenters. The first-order valence-electron chi connectivity index (χ1n) is 5.87. The molecular formula is C11H19N5O2S. The van der Waals surface area contributed by atoms with E-state index in [9.17, 15) is 9.59 Å². The molecule has 0 spiro atoms. The lowest BCUT2D eigenvalue weighted by Gasteiger charge is -2.23. The first-order chi connectivity index (χ1) is 8.73. The molecule has 19 heavy (non-hydrogen) atoms. The van der Waals surface area contributed by atoms with E-state index in [1.165, 1.54) is 0 Å². The maximum atomic E-state index is 11.8. The molecule has 1 aromatic rings. The van der Waals surface area contributed by atoms with Crippen LogP contribution in [0.15, 0.2) is 0 Å². The van der Waals surface area contributed by atoms with Crippen molar-refractivity contribution in [1.29, 1.82) is 0 Å². The van der Waals surface area contributed by atoms with Gasteiger partial charge in [0.25, 0.3) is 5.91 Å². The summed E-state index contributed by atoms with van der Waals surface area (Å²) in [5.74, 6) is -0.644. The van der Waals surface area contributed by atoms with Crippen LogP contribution in [0.1, 0.15) is 37.5 Å². The number of anilines is 1. The van der Waals surface area contributed by atoms with Crippen LogP contribution in [0.4, 0.5) is 5.13 Å². The number of aromatic nitrogens is 2. The smallest absolute Gasteiger partial charge is 0.282 e. The fraction of sp³-hybridized carbons (Fsp3) is 0.636. The van der Waals surface area contributed by atoms with Crippen molar-refractivity contribution in [3.63, 3.8) is 0 Å². The Morgan fingerprint density at radius 2 is 1.89 bits per heavy atom. The van der Waals surface area contributed by atoms with Gasteiger partial charge in [-0.15, -0.1) is 10.2 Å². The minimum absolute atomic E-state index is 0.222. The van der Waals surface area contributed by atoms with Crippen molar-refractivity contribution < 1.29 is 9.59 Å². The summed E-state index contributed by atoms with van der Waals surface area (Å²) in [5, 5.41) is 16.4. The molecule has 1 heterocycles. The lowest BCUT2D eigenvalue weighted by molar-refractivity contribution is -0.124. The fourth-order valence-corrected chi connectivity index (χ4v) is 1.82. The molecule has 106 valence electrons. The van der Waals surface area contributed by atoms with E-state index in [-0.39, 0.29) is 16.5 Å². The Bertz CT molecular complexity index is 466. The maximum absolute atomic E-state index is 11.8. The highest BCUT2D eigenvalue weighted by Gasteiger charge is 2.22. The number of carbonyl (C=O) groups excluding carboxylic acids is 2. The van der Waals surface area contributed by atoms with Crippen molar-refractivity contribution in [2.45, 2.75) is 39.3 Å². The summed E-state index contributed by atoms with van der Waals surface area (Å²) in [4.78, 5) is 23.7. The van der Waals surface area contributed by atoms with Crippen molar-refractivity contribution in [1.82, 2.24) is 20.8 Å². The molecule has 0 aromatic carbocycles. The van der Waals surface area contributed by atoms with Gasteiger partial charge in [0, 0.05) is 12.6 Å². The average molecular weight is 285 g/mol. The van der Waals surface area contributed by atoms with Crippen LogP contribution in [-0.2, 0) is 4.79 Å². The Hall–Kier alpha value is -1.70. The second-order valence-electron chi connectivity index (χ2n) is 5.10. The number of hydrogen-bond acceptors (Lipinski definition) is 6. The summed E-state index contributed by atoms with van der Waals surface area (Å²) >= 11 is 1.13. The Balaban J connectivity index is 2.59. The molecule has 1 rings (SSSR count). The van der Waals surface area contributed by atoms with Crippen LogP contribution in [0.25, 0.3) is 0 Å². The molecule has 3 N–H and O–H groups in total. The van der Waals surface area contributed by atoms with Crippen LogP contribution in [-0.4, -0.2) is 40.6 Å². The Labute approximate surface area is 116 Å². The monoisotopic (exact) mass is 285 g/mol. The summed E-state index contributed by atoms with van der Waals surface area (Å²) in [5.41, 5.74) is -0.335. The van der Waals surface area contributed by atoms with E-state index in [1.54, 1.807) is 14.0 Å². The summed E-state index contributed by atoms with van der Waals surface area (Å²) in [6.45, 7) is 7.26. The van der Waals surface area contributed by atoms with Crippen molar-refractivity contribution >= 4 is 28.3 Å². The number of rotatable bonds is 4. The molecule has 0 radical (unpaired) electrons. The second kappa shape index (κ2) is 5.96. The molecule has 0 saturated carbocycles. The molecule has 0 aliphatic carbocycles. The minimum Gasteiger partial charge on any atom is -0.363 e. The van der Waals surface area contributed by atoms with Gasteiger partial charge in [-0.1, -0.05) is 11.3 Å². The zero-order chi connectivity index (χ0) is 14.6. The molecule has 2 amide bonds. The van der Waals surface area contributed by atoms with Gasteiger partial charge in [0.05, 0.1) is 0 Å². The third kappa shape index (κ3) is 4.82. The maximum Gasteiger partial charge on any atom is 0.282 e. The first kappa shape index (κ1) is 15.4. The molecule has 1 aromatic heterocycles.